The Morgan fingerprint density at radius 1 is 1.50 bits per heavy atom. The number of hydrogen-bond acceptors (Lipinski definition) is 4. The minimum Gasteiger partial charge on any atom is -0.379 e. The summed E-state index contributed by atoms with van der Waals surface area (Å²) in [7, 11) is -1.21. The van der Waals surface area contributed by atoms with Gasteiger partial charge in [0.1, 0.15) is 0 Å². The number of hydrogen-bond donors (Lipinski definition) is 0. The summed E-state index contributed by atoms with van der Waals surface area (Å²) in [5.74, 6) is 0.221. The van der Waals surface area contributed by atoms with Crippen molar-refractivity contribution in [3.63, 3.8) is 0 Å². The van der Waals surface area contributed by atoms with Crippen molar-refractivity contribution in [2.24, 2.45) is 5.92 Å². The van der Waals surface area contributed by atoms with E-state index in [1.807, 2.05) is 20.8 Å². The second kappa shape index (κ2) is 4.75. The largest absolute Gasteiger partial charge is 0.379 e. The van der Waals surface area contributed by atoms with Gasteiger partial charge in [-0.25, -0.2) is 0 Å². The number of ether oxygens (including phenoxy) is 1. The average Bonchev–Trinajstić information content (AvgIpc) is 2.02. The van der Waals surface area contributed by atoms with Gasteiger partial charge in [0.2, 0.25) is 0 Å². The lowest BCUT2D eigenvalue weighted by Crippen LogP contribution is -2.33. The van der Waals surface area contributed by atoms with Gasteiger partial charge in [-0.2, -0.15) is 0 Å². The van der Waals surface area contributed by atoms with Crippen LogP contribution in [0.2, 0.25) is 0 Å². The molecule has 1 fully saturated rings. The summed E-state index contributed by atoms with van der Waals surface area (Å²) in [5.41, 5.74) is 0. The lowest BCUT2D eigenvalue weighted by Gasteiger charge is -2.33. The van der Waals surface area contributed by atoms with E-state index in [2.05, 4.69) is 0 Å². The zero-order chi connectivity index (χ0) is 10.8. The first-order valence-electron chi connectivity index (χ1n) is 4.91. The highest BCUT2D eigenvalue weighted by Crippen LogP contribution is 2.54. The van der Waals surface area contributed by atoms with Crippen LogP contribution in [-0.4, -0.2) is 32.1 Å². The Morgan fingerprint density at radius 2 is 2.14 bits per heavy atom. The molecular weight excluding hydrogens is 203 g/mol. The highest BCUT2D eigenvalue weighted by Gasteiger charge is 2.37. The molecule has 84 valence electrons. The monoisotopic (exact) mass is 222 g/mol. The van der Waals surface area contributed by atoms with Gasteiger partial charge < -0.3 is 13.8 Å². The van der Waals surface area contributed by atoms with E-state index >= 15 is 0 Å². The molecule has 5 heteroatoms. The van der Waals surface area contributed by atoms with Gasteiger partial charge in [0.25, 0.3) is 0 Å². The van der Waals surface area contributed by atoms with Gasteiger partial charge in [0, 0.05) is 7.11 Å². The summed E-state index contributed by atoms with van der Waals surface area (Å²) >= 11 is 0. The average molecular weight is 222 g/mol. The van der Waals surface area contributed by atoms with Gasteiger partial charge in [-0.1, -0.05) is 6.92 Å². The Morgan fingerprint density at radius 3 is 2.57 bits per heavy atom. The van der Waals surface area contributed by atoms with Crippen LogP contribution in [0.3, 0.4) is 0 Å². The molecule has 0 radical (unpaired) electrons. The predicted molar refractivity (Wildman–Crippen MR) is 54.6 cm³/mol. The molecule has 4 nitrogen and oxygen atoms in total. The first-order valence-corrected chi connectivity index (χ1v) is 6.64. The van der Waals surface area contributed by atoms with Crippen molar-refractivity contribution in [1.82, 2.24) is 0 Å². The summed E-state index contributed by atoms with van der Waals surface area (Å²) in [6.45, 7) is 6.08. The first kappa shape index (κ1) is 12.2. The van der Waals surface area contributed by atoms with Gasteiger partial charge >= 0.3 is 7.60 Å². The third kappa shape index (κ3) is 3.06. The van der Waals surface area contributed by atoms with E-state index in [0.717, 1.165) is 0 Å². The summed E-state index contributed by atoms with van der Waals surface area (Å²) < 4.78 is 27.8. The molecule has 0 spiro atoms. The van der Waals surface area contributed by atoms with Crippen LogP contribution in [0.25, 0.3) is 0 Å². The van der Waals surface area contributed by atoms with Gasteiger partial charge in [0.15, 0.2) is 0 Å². The van der Waals surface area contributed by atoms with Crippen LogP contribution in [-0.2, 0) is 18.3 Å². The lowest BCUT2D eigenvalue weighted by molar-refractivity contribution is 0.00115. The van der Waals surface area contributed by atoms with Crippen molar-refractivity contribution in [3.8, 4) is 0 Å². The minimum absolute atomic E-state index is 0.0350. The van der Waals surface area contributed by atoms with E-state index in [4.69, 9.17) is 13.8 Å². The normalized spacial score (nSPS) is 38.9. The Bertz CT molecular complexity index is 229. The SMILES string of the molecule is COC1COP(=O)(OC(C)C)C[C@H]1C. The van der Waals surface area contributed by atoms with E-state index in [1.54, 1.807) is 7.11 Å². The van der Waals surface area contributed by atoms with Crippen molar-refractivity contribution in [2.75, 3.05) is 19.9 Å². The molecule has 0 aromatic carbocycles. The molecule has 0 N–H and O–H groups in total. The predicted octanol–water partition coefficient (Wildman–Crippen LogP) is 2.29. The summed E-state index contributed by atoms with van der Waals surface area (Å²) in [6, 6.07) is 0. The molecule has 0 aromatic heterocycles. The second-order valence-corrected chi connectivity index (χ2v) is 6.05. The fourth-order valence-corrected chi connectivity index (χ4v) is 3.78. The van der Waals surface area contributed by atoms with Gasteiger partial charge in [0.05, 0.1) is 25.0 Å². The highest BCUT2D eigenvalue weighted by atomic mass is 31.2. The first-order chi connectivity index (χ1) is 6.47. The zero-order valence-electron chi connectivity index (χ0n) is 9.23. The maximum absolute atomic E-state index is 12.0. The summed E-state index contributed by atoms with van der Waals surface area (Å²) in [5, 5.41) is 0. The third-order valence-corrected chi connectivity index (χ3v) is 4.56. The maximum Gasteiger partial charge on any atom is 0.331 e. The molecule has 0 aromatic rings. The van der Waals surface area contributed by atoms with E-state index < -0.39 is 7.60 Å². The van der Waals surface area contributed by atoms with E-state index in [9.17, 15) is 4.57 Å². The Balaban J connectivity index is 2.56. The quantitative estimate of drug-likeness (QED) is 0.687. The molecule has 0 aliphatic carbocycles. The molecule has 0 bridgehead atoms. The minimum atomic E-state index is -2.86. The molecule has 1 aliphatic heterocycles. The van der Waals surface area contributed by atoms with Crippen LogP contribution >= 0.6 is 7.60 Å². The van der Waals surface area contributed by atoms with Crippen molar-refractivity contribution < 1.29 is 18.3 Å². The van der Waals surface area contributed by atoms with Crippen LogP contribution < -0.4 is 0 Å². The van der Waals surface area contributed by atoms with Crippen molar-refractivity contribution in [3.05, 3.63) is 0 Å². The van der Waals surface area contributed by atoms with E-state index in [-0.39, 0.29) is 18.1 Å². The highest BCUT2D eigenvalue weighted by molar-refractivity contribution is 7.53. The fourth-order valence-electron chi connectivity index (χ4n) is 1.57. The lowest BCUT2D eigenvalue weighted by atomic mass is 10.1. The molecule has 2 unspecified atom stereocenters. The molecular formula is C9H19O4P. The van der Waals surface area contributed by atoms with Gasteiger partial charge in [-0.15, -0.1) is 0 Å². The number of rotatable bonds is 3. The van der Waals surface area contributed by atoms with E-state index in [0.29, 0.717) is 12.8 Å². The third-order valence-electron chi connectivity index (χ3n) is 2.26. The van der Waals surface area contributed by atoms with Gasteiger partial charge in [-0.05, 0) is 19.8 Å². The van der Waals surface area contributed by atoms with Crippen LogP contribution in [0.1, 0.15) is 20.8 Å². The molecule has 1 heterocycles. The topological polar surface area (TPSA) is 44.8 Å². The molecule has 0 amide bonds. The fraction of sp³-hybridized carbons (Fsp3) is 1.00. The zero-order valence-corrected chi connectivity index (χ0v) is 10.1. The van der Waals surface area contributed by atoms with Crippen molar-refractivity contribution in [1.29, 1.82) is 0 Å². The molecule has 3 atom stereocenters. The van der Waals surface area contributed by atoms with E-state index in [1.165, 1.54) is 0 Å². The summed E-state index contributed by atoms with van der Waals surface area (Å²) in [4.78, 5) is 0. The number of methoxy groups -OCH3 is 1. The molecule has 1 aliphatic rings. The molecule has 0 saturated carbocycles. The van der Waals surface area contributed by atoms with Crippen LogP contribution in [0, 0.1) is 5.92 Å². The second-order valence-electron chi connectivity index (χ2n) is 3.99. The smallest absolute Gasteiger partial charge is 0.331 e. The maximum atomic E-state index is 12.0. The van der Waals surface area contributed by atoms with Crippen LogP contribution in [0.4, 0.5) is 0 Å². The van der Waals surface area contributed by atoms with Crippen LogP contribution in [0.15, 0.2) is 0 Å². The van der Waals surface area contributed by atoms with Crippen LogP contribution in [0.5, 0.6) is 0 Å². The summed E-state index contributed by atoms with van der Waals surface area (Å²) in [6.07, 6.45) is 0.420. The Kier molecular flexibility index (Phi) is 4.14. The Labute approximate surface area is 85.5 Å². The molecule has 14 heavy (non-hydrogen) atoms. The standard InChI is InChI=1S/C9H19O4P/c1-7(2)13-14(10)6-8(3)9(11-4)5-12-14/h7-9H,5-6H2,1-4H3/t8-,9?,14?/m1/s1. The Hall–Kier alpha value is 0.110. The molecule has 1 rings (SSSR count). The molecule has 1 saturated heterocycles. The van der Waals surface area contributed by atoms with Crippen molar-refractivity contribution >= 4 is 7.60 Å². The van der Waals surface area contributed by atoms with Crippen molar-refractivity contribution in [2.45, 2.75) is 33.0 Å². The van der Waals surface area contributed by atoms with Gasteiger partial charge in [-0.3, -0.25) is 4.57 Å².